The van der Waals surface area contributed by atoms with Crippen LogP contribution in [-0.2, 0) is 16.4 Å². The smallest absolute Gasteiger partial charge is 0.211 e. The third kappa shape index (κ3) is 3.91. The number of sulfonamides is 1. The number of piperidine rings is 1. The van der Waals surface area contributed by atoms with Crippen molar-refractivity contribution >= 4 is 15.7 Å². The molecular formula is C13H21N3O2S. The zero-order valence-electron chi connectivity index (χ0n) is 11.2. The van der Waals surface area contributed by atoms with Crippen molar-refractivity contribution in [2.75, 3.05) is 25.1 Å². The molecule has 6 heteroatoms. The maximum Gasteiger partial charge on any atom is 0.211 e. The molecule has 2 rings (SSSR count). The fourth-order valence-electron chi connectivity index (χ4n) is 2.57. The average Bonchev–Trinajstić information content (AvgIpc) is 2.37. The van der Waals surface area contributed by atoms with Crippen LogP contribution in [-0.4, -0.2) is 37.1 Å². The molecule has 2 heterocycles. The van der Waals surface area contributed by atoms with Gasteiger partial charge in [-0.15, -0.1) is 0 Å². The highest BCUT2D eigenvalue weighted by Gasteiger charge is 2.25. The van der Waals surface area contributed by atoms with Gasteiger partial charge in [-0.3, -0.25) is 4.98 Å². The van der Waals surface area contributed by atoms with Crippen LogP contribution in [0, 0.1) is 5.92 Å². The van der Waals surface area contributed by atoms with Gasteiger partial charge in [-0.05, 0) is 43.2 Å². The van der Waals surface area contributed by atoms with E-state index in [4.69, 9.17) is 5.73 Å². The average molecular weight is 283 g/mol. The molecule has 1 aromatic heterocycles. The Balaban J connectivity index is 1.92. The van der Waals surface area contributed by atoms with Gasteiger partial charge in [0.05, 0.1) is 6.26 Å². The highest BCUT2D eigenvalue weighted by atomic mass is 32.2. The van der Waals surface area contributed by atoms with Crippen molar-refractivity contribution in [2.24, 2.45) is 5.92 Å². The second kappa shape index (κ2) is 5.88. The summed E-state index contributed by atoms with van der Waals surface area (Å²) in [7, 11) is -3.05. The van der Waals surface area contributed by atoms with Crippen LogP contribution in [0.15, 0.2) is 18.5 Å². The zero-order valence-corrected chi connectivity index (χ0v) is 12.1. The van der Waals surface area contributed by atoms with Crippen molar-refractivity contribution in [3.8, 4) is 0 Å². The largest absolute Gasteiger partial charge is 0.398 e. The lowest BCUT2D eigenvalue weighted by Crippen LogP contribution is -2.39. The van der Waals surface area contributed by atoms with Crippen molar-refractivity contribution in [1.29, 1.82) is 0 Å². The fraction of sp³-hybridized carbons (Fsp3) is 0.615. The molecular weight excluding hydrogens is 262 g/mol. The molecule has 0 bridgehead atoms. The summed E-state index contributed by atoms with van der Waals surface area (Å²) in [6.45, 7) is 1.30. The van der Waals surface area contributed by atoms with Crippen molar-refractivity contribution in [1.82, 2.24) is 9.29 Å². The monoisotopic (exact) mass is 283 g/mol. The quantitative estimate of drug-likeness (QED) is 0.902. The van der Waals surface area contributed by atoms with E-state index < -0.39 is 10.0 Å². The topological polar surface area (TPSA) is 76.3 Å². The molecule has 106 valence electrons. The summed E-state index contributed by atoms with van der Waals surface area (Å²) < 4.78 is 24.7. The van der Waals surface area contributed by atoms with E-state index in [1.165, 1.54) is 6.26 Å². The lowest BCUT2D eigenvalue weighted by Gasteiger charge is -2.31. The molecule has 1 atom stereocenters. The number of hydrogen-bond donors (Lipinski definition) is 1. The zero-order chi connectivity index (χ0) is 13.9. The Morgan fingerprint density at radius 1 is 1.53 bits per heavy atom. The Bertz CT molecular complexity index is 530. The number of aryl methyl sites for hydroxylation is 1. The molecule has 2 N–H and O–H groups in total. The Morgan fingerprint density at radius 2 is 2.32 bits per heavy atom. The summed E-state index contributed by atoms with van der Waals surface area (Å²) in [5.74, 6) is 0.420. The summed E-state index contributed by atoms with van der Waals surface area (Å²) in [5, 5.41) is 0. The SMILES string of the molecule is CS(=O)(=O)N1CCCC(CCc2cnccc2N)C1. The second-order valence-corrected chi connectivity index (χ2v) is 7.22. The molecule has 19 heavy (non-hydrogen) atoms. The van der Waals surface area contributed by atoms with Gasteiger partial charge in [0.25, 0.3) is 0 Å². The number of nitrogen functional groups attached to an aromatic ring is 1. The maximum atomic E-state index is 11.6. The van der Waals surface area contributed by atoms with Gasteiger partial charge in [-0.1, -0.05) is 0 Å². The normalized spacial score (nSPS) is 21.4. The molecule has 1 aliphatic heterocycles. The van der Waals surface area contributed by atoms with Crippen LogP contribution in [0.3, 0.4) is 0 Å². The Morgan fingerprint density at radius 3 is 3.00 bits per heavy atom. The van der Waals surface area contributed by atoms with Crippen LogP contribution in [0.1, 0.15) is 24.8 Å². The van der Waals surface area contributed by atoms with Crippen molar-refractivity contribution in [3.05, 3.63) is 24.0 Å². The second-order valence-electron chi connectivity index (χ2n) is 5.24. The number of rotatable bonds is 4. The first-order chi connectivity index (χ1) is 8.97. The molecule has 1 aromatic rings. The van der Waals surface area contributed by atoms with E-state index >= 15 is 0 Å². The Hall–Kier alpha value is -1.14. The van der Waals surface area contributed by atoms with Gasteiger partial charge in [-0.25, -0.2) is 12.7 Å². The Labute approximate surface area is 114 Å². The summed E-state index contributed by atoms with van der Waals surface area (Å²) in [5.41, 5.74) is 7.71. The molecule has 0 aliphatic carbocycles. The first kappa shape index (κ1) is 14.3. The number of nitrogens with two attached hydrogens (primary N) is 1. The van der Waals surface area contributed by atoms with Crippen LogP contribution in [0.2, 0.25) is 0 Å². The molecule has 5 nitrogen and oxygen atoms in total. The lowest BCUT2D eigenvalue weighted by molar-refractivity contribution is 0.257. The molecule has 0 spiro atoms. The lowest BCUT2D eigenvalue weighted by atomic mass is 9.93. The van der Waals surface area contributed by atoms with Crippen LogP contribution in [0.25, 0.3) is 0 Å². The van der Waals surface area contributed by atoms with Gasteiger partial charge in [-0.2, -0.15) is 0 Å². The summed E-state index contributed by atoms with van der Waals surface area (Å²) >= 11 is 0. The Kier molecular flexibility index (Phi) is 4.42. The van der Waals surface area contributed by atoms with E-state index in [9.17, 15) is 8.42 Å². The van der Waals surface area contributed by atoms with E-state index in [0.29, 0.717) is 19.0 Å². The van der Waals surface area contributed by atoms with Crippen LogP contribution < -0.4 is 5.73 Å². The summed E-state index contributed by atoms with van der Waals surface area (Å²) in [6, 6.07) is 1.80. The van der Waals surface area contributed by atoms with Crippen LogP contribution in [0.4, 0.5) is 5.69 Å². The minimum atomic E-state index is -3.05. The van der Waals surface area contributed by atoms with E-state index in [-0.39, 0.29) is 0 Å². The molecule has 1 aliphatic rings. The van der Waals surface area contributed by atoms with Crippen molar-refractivity contribution < 1.29 is 8.42 Å². The summed E-state index contributed by atoms with van der Waals surface area (Å²) in [6.07, 6.45) is 8.63. The maximum absolute atomic E-state index is 11.6. The minimum Gasteiger partial charge on any atom is -0.398 e. The molecule has 0 saturated carbocycles. The van der Waals surface area contributed by atoms with E-state index in [0.717, 1.165) is 36.9 Å². The van der Waals surface area contributed by atoms with Crippen molar-refractivity contribution in [2.45, 2.75) is 25.7 Å². The van der Waals surface area contributed by atoms with E-state index in [1.54, 1.807) is 22.8 Å². The van der Waals surface area contributed by atoms with Gasteiger partial charge in [0, 0.05) is 31.2 Å². The van der Waals surface area contributed by atoms with Gasteiger partial charge in [0.2, 0.25) is 10.0 Å². The third-order valence-electron chi connectivity index (χ3n) is 3.71. The molecule has 1 fully saturated rings. The predicted octanol–water partition coefficient (Wildman–Crippen LogP) is 1.27. The first-order valence-electron chi connectivity index (χ1n) is 6.60. The van der Waals surface area contributed by atoms with E-state index in [1.807, 2.05) is 0 Å². The van der Waals surface area contributed by atoms with Gasteiger partial charge >= 0.3 is 0 Å². The van der Waals surface area contributed by atoms with Crippen molar-refractivity contribution in [3.63, 3.8) is 0 Å². The molecule has 0 aromatic carbocycles. The summed E-state index contributed by atoms with van der Waals surface area (Å²) in [4.78, 5) is 4.08. The number of nitrogens with zero attached hydrogens (tertiary/aromatic N) is 2. The van der Waals surface area contributed by atoms with Crippen LogP contribution >= 0.6 is 0 Å². The molecule has 1 unspecified atom stereocenters. The molecule has 1 saturated heterocycles. The van der Waals surface area contributed by atoms with Crippen LogP contribution in [0.5, 0.6) is 0 Å². The number of anilines is 1. The molecule has 0 amide bonds. The van der Waals surface area contributed by atoms with Gasteiger partial charge in [0.1, 0.15) is 0 Å². The number of pyridine rings is 1. The first-order valence-corrected chi connectivity index (χ1v) is 8.45. The molecule has 0 radical (unpaired) electrons. The standard InChI is InChI=1S/C13H21N3O2S/c1-19(17,18)16-8-2-3-11(10-16)4-5-12-9-15-7-6-13(12)14/h6-7,9,11H,2-5,8,10H2,1H3,(H2,14,15). The van der Waals surface area contributed by atoms with Gasteiger partial charge < -0.3 is 5.73 Å². The third-order valence-corrected chi connectivity index (χ3v) is 4.98. The highest BCUT2D eigenvalue weighted by molar-refractivity contribution is 7.88. The minimum absolute atomic E-state index is 0.420. The number of hydrogen-bond acceptors (Lipinski definition) is 4. The number of aromatic nitrogens is 1. The predicted molar refractivity (Wildman–Crippen MR) is 76.1 cm³/mol. The van der Waals surface area contributed by atoms with E-state index in [2.05, 4.69) is 4.98 Å². The van der Waals surface area contributed by atoms with Gasteiger partial charge in [0.15, 0.2) is 0 Å². The fourth-order valence-corrected chi connectivity index (χ4v) is 3.51. The highest BCUT2D eigenvalue weighted by Crippen LogP contribution is 2.24.